The van der Waals surface area contributed by atoms with Crippen LogP contribution in [-0.2, 0) is 4.74 Å². The van der Waals surface area contributed by atoms with Crippen molar-refractivity contribution in [2.24, 2.45) is 0 Å². The van der Waals surface area contributed by atoms with E-state index >= 15 is 0 Å². The number of benzene rings is 2. The minimum absolute atomic E-state index is 0.0212. The van der Waals surface area contributed by atoms with Crippen LogP contribution in [0.15, 0.2) is 42.6 Å². The minimum atomic E-state index is -1.14. The molecule has 174 valence electrons. The molecule has 2 amide bonds. The van der Waals surface area contributed by atoms with Crippen molar-refractivity contribution in [3.63, 3.8) is 0 Å². The van der Waals surface area contributed by atoms with Gasteiger partial charge in [-0.3, -0.25) is 4.98 Å². The zero-order valence-electron chi connectivity index (χ0n) is 18.2. The number of fused-ring (bicyclic) bond motifs is 1. The van der Waals surface area contributed by atoms with E-state index < -0.39 is 5.97 Å². The van der Waals surface area contributed by atoms with E-state index in [0.717, 1.165) is 6.42 Å². The van der Waals surface area contributed by atoms with Crippen molar-refractivity contribution < 1.29 is 28.9 Å². The number of urea groups is 1. The van der Waals surface area contributed by atoms with Crippen LogP contribution < -0.4 is 20.1 Å². The van der Waals surface area contributed by atoms with Crippen LogP contribution in [0.3, 0.4) is 0 Å². The molecule has 0 aliphatic carbocycles. The quantitative estimate of drug-likeness (QED) is 0.357. The van der Waals surface area contributed by atoms with Crippen molar-refractivity contribution >= 4 is 40.2 Å². The molecular weight excluding hydrogens is 450 g/mol. The fourth-order valence-corrected chi connectivity index (χ4v) is 3.17. The number of hydrogen-bond acceptors (Lipinski definition) is 6. The van der Waals surface area contributed by atoms with E-state index in [0.29, 0.717) is 41.2 Å². The number of carboxylic acids is 1. The Kier molecular flexibility index (Phi) is 8.28. The molecule has 0 atom stereocenters. The van der Waals surface area contributed by atoms with Crippen LogP contribution in [0.4, 0.5) is 10.5 Å². The molecule has 10 heteroatoms. The lowest BCUT2D eigenvalue weighted by Gasteiger charge is -2.14. The third kappa shape index (κ3) is 6.24. The van der Waals surface area contributed by atoms with Gasteiger partial charge in [0.2, 0.25) is 0 Å². The zero-order chi connectivity index (χ0) is 23.8. The van der Waals surface area contributed by atoms with Crippen LogP contribution >= 0.6 is 11.6 Å². The lowest BCUT2D eigenvalue weighted by atomic mass is 10.1. The predicted molar refractivity (Wildman–Crippen MR) is 125 cm³/mol. The maximum absolute atomic E-state index is 11.9. The molecule has 3 rings (SSSR count). The Balaban J connectivity index is 1.86. The third-order valence-electron chi connectivity index (χ3n) is 4.53. The number of amides is 2. The van der Waals surface area contributed by atoms with Crippen molar-refractivity contribution in [3.8, 4) is 17.2 Å². The molecule has 1 aromatic heterocycles. The van der Waals surface area contributed by atoms with Crippen molar-refractivity contribution in [1.29, 1.82) is 0 Å². The van der Waals surface area contributed by atoms with Gasteiger partial charge >= 0.3 is 12.0 Å². The molecule has 2 aromatic carbocycles. The number of aromatic carboxylic acids is 1. The van der Waals surface area contributed by atoms with Gasteiger partial charge in [-0.05, 0) is 30.7 Å². The number of hydrogen-bond donors (Lipinski definition) is 3. The predicted octanol–water partition coefficient (Wildman–Crippen LogP) is 4.94. The summed E-state index contributed by atoms with van der Waals surface area (Å²) < 4.78 is 16.5. The van der Waals surface area contributed by atoms with Gasteiger partial charge in [-0.1, -0.05) is 18.5 Å². The summed E-state index contributed by atoms with van der Waals surface area (Å²) in [6, 6.07) is 9.11. The molecule has 33 heavy (non-hydrogen) atoms. The third-order valence-corrected chi connectivity index (χ3v) is 4.84. The summed E-state index contributed by atoms with van der Waals surface area (Å²) >= 11 is 6.30. The van der Waals surface area contributed by atoms with Crippen molar-refractivity contribution in [3.05, 3.63) is 53.2 Å². The van der Waals surface area contributed by atoms with Gasteiger partial charge in [0.05, 0.1) is 22.8 Å². The van der Waals surface area contributed by atoms with Gasteiger partial charge in [-0.2, -0.15) is 0 Å². The summed E-state index contributed by atoms with van der Waals surface area (Å²) in [6.07, 6.45) is 2.37. The van der Waals surface area contributed by atoms with E-state index in [1.165, 1.54) is 13.2 Å². The van der Waals surface area contributed by atoms with Crippen molar-refractivity contribution in [2.45, 2.75) is 13.3 Å². The monoisotopic (exact) mass is 473 g/mol. The number of methoxy groups -OCH3 is 1. The lowest BCUT2D eigenvalue weighted by Crippen LogP contribution is -2.29. The Morgan fingerprint density at radius 2 is 1.94 bits per heavy atom. The smallest absolute Gasteiger partial charge is 0.339 e. The Bertz CT molecular complexity index is 1150. The van der Waals surface area contributed by atoms with Gasteiger partial charge in [0, 0.05) is 37.4 Å². The maximum Gasteiger partial charge on any atom is 0.339 e. The Labute approximate surface area is 195 Å². The molecule has 0 unspecified atom stereocenters. The number of ether oxygens (including phenoxy) is 3. The largest absolute Gasteiger partial charge is 0.490 e. The van der Waals surface area contributed by atoms with Gasteiger partial charge in [-0.25, -0.2) is 9.59 Å². The van der Waals surface area contributed by atoms with E-state index in [1.807, 2.05) is 6.92 Å². The van der Waals surface area contributed by atoms with Crippen LogP contribution in [-0.4, -0.2) is 49.0 Å². The highest BCUT2D eigenvalue weighted by atomic mass is 35.5. The van der Waals surface area contributed by atoms with Crippen molar-refractivity contribution in [2.75, 3.05) is 32.2 Å². The number of carbonyl (C=O) groups excluding carboxylic acids is 1. The molecule has 0 fully saturated rings. The first-order valence-corrected chi connectivity index (χ1v) is 10.6. The van der Waals surface area contributed by atoms with Gasteiger partial charge in [0.1, 0.15) is 29.4 Å². The summed E-state index contributed by atoms with van der Waals surface area (Å²) in [5.74, 6) is -0.150. The van der Waals surface area contributed by atoms with E-state index in [1.54, 1.807) is 36.5 Å². The van der Waals surface area contributed by atoms with E-state index in [9.17, 15) is 14.7 Å². The number of rotatable bonds is 10. The molecule has 3 aromatic rings. The van der Waals surface area contributed by atoms with E-state index in [4.69, 9.17) is 25.8 Å². The molecule has 3 N–H and O–H groups in total. The molecule has 0 aliphatic heterocycles. The SMILES string of the molecule is CCCNC(=O)Nc1ccc(Oc2ccnc3cc(OCCOC)c(C(=O)O)cc23)cc1Cl. The molecule has 0 saturated carbocycles. The topological polar surface area (TPSA) is 119 Å². The molecule has 0 aliphatic rings. The highest BCUT2D eigenvalue weighted by molar-refractivity contribution is 6.33. The van der Waals surface area contributed by atoms with E-state index in [2.05, 4.69) is 15.6 Å². The summed E-state index contributed by atoms with van der Waals surface area (Å²) in [5.41, 5.74) is 0.914. The molecule has 0 radical (unpaired) electrons. The number of nitrogens with one attached hydrogen (secondary N) is 2. The summed E-state index contributed by atoms with van der Waals surface area (Å²) in [7, 11) is 1.53. The standard InChI is InChI=1S/C23H24ClN3O6/c1-3-7-26-23(30)27-18-5-4-14(11-17(18)24)33-20-6-8-25-19-13-21(32-10-9-31-2)16(22(28)29)12-15(19)20/h4-6,8,11-13H,3,7,9-10H2,1-2H3,(H,28,29)(H2,26,27,30). The first-order valence-electron chi connectivity index (χ1n) is 10.2. The van der Waals surface area contributed by atoms with Crippen molar-refractivity contribution in [1.82, 2.24) is 10.3 Å². The first-order chi connectivity index (χ1) is 15.9. The molecular formula is C23H24ClN3O6. The molecule has 0 saturated heterocycles. The molecule has 0 bridgehead atoms. The highest BCUT2D eigenvalue weighted by Crippen LogP contribution is 2.35. The second-order valence-corrected chi connectivity index (χ2v) is 7.35. The number of carboxylic acid groups (broad SMARTS) is 1. The molecule has 0 spiro atoms. The first kappa shape index (κ1) is 24.1. The highest BCUT2D eigenvalue weighted by Gasteiger charge is 2.17. The van der Waals surface area contributed by atoms with Crippen LogP contribution in [0, 0.1) is 0 Å². The molecule has 9 nitrogen and oxygen atoms in total. The summed E-state index contributed by atoms with van der Waals surface area (Å²) in [5, 5.41) is 15.8. The fraction of sp³-hybridized carbons (Fsp3) is 0.261. The van der Waals surface area contributed by atoms with Crippen LogP contribution in [0.25, 0.3) is 10.9 Å². The fourth-order valence-electron chi connectivity index (χ4n) is 2.95. The Hall–Kier alpha value is -3.56. The van der Waals surface area contributed by atoms with Gasteiger partial charge in [0.15, 0.2) is 0 Å². The minimum Gasteiger partial charge on any atom is -0.490 e. The van der Waals surface area contributed by atoms with Gasteiger partial charge < -0.3 is 30.0 Å². The zero-order valence-corrected chi connectivity index (χ0v) is 18.9. The number of aromatic nitrogens is 1. The Morgan fingerprint density at radius 3 is 2.64 bits per heavy atom. The summed E-state index contributed by atoms with van der Waals surface area (Å²) in [4.78, 5) is 27.9. The van der Waals surface area contributed by atoms with Gasteiger partial charge in [0.25, 0.3) is 0 Å². The van der Waals surface area contributed by atoms with Crippen LogP contribution in [0.1, 0.15) is 23.7 Å². The second-order valence-electron chi connectivity index (χ2n) is 6.95. The van der Waals surface area contributed by atoms with Crippen LogP contribution in [0.2, 0.25) is 5.02 Å². The summed E-state index contributed by atoms with van der Waals surface area (Å²) in [6.45, 7) is 3.03. The number of pyridine rings is 1. The average Bonchev–Trinajstić information content (AvgIpc) is 2.79. The Morgan fingerprint density at radius 1 is 1.12 bits per heavy atom. The number of nitrogens with zero attached hydrogens (tertiary/aromatic N) is 1. The normalized spacial score (nSPS) is 10.6. The number of halogens is 1. The number of carbonyl (C=O) groups is 2. The molecule has 1 heterocycles. The number of anilines is 1. The second kappa shape index (κ2) is 11.3. The van der Waals surface area contributed by atoms with Crippen LogP contribution in [0.5, 0.6) is 17.2 Å². The average molecular weight is 474 g/mol. The van der Waals surface area contributed by atoms with Gasteiger partial charge in [-0.15, -0.1) is 0 Å². The maximum atomic E-state index is 11.9. The van der Waals surface area contributed by atoms with E-state index in [-0.39, 0.29) is 29.0 Å². The lowest BCUT2D eigenvalue weighted by molar-refractivity contribution is 0.0690.